The van der Waals surface area contributed by atoms with Crippen LogP contribution in [-0.2, 0) is 10.3 Å². The minimum absolute atomic E-state index is 0.0439. The van der Waals surface area contributed by atoms with Crippen molar-refractivity contribution in [3.63, 3.8) is 0 Å². The van der Waals surface area contributed by atoms with Crippen LogP contribution in [0.15, 0.2) is 24.3 Å². The number of amides is 1. The molecule has 1 aromatic carbocycles. The maximum atomic E-state index is 12.7. The zero-order valence-corrected chi connectivity index (χ0v) is 12.6. The zero-order chi connectivity index (χ0) is 15.5. The van der Waals surface area contributed by atoms with E-state index < -0.39 is 5.54 Å². The Balaban J connectivity index is 1.88. The number of likely N-dealkylation sites (tertiary alicyclic amines) is 1. The number of aromatic nitrogens is 2. The van der Waals surface area contributed by atoms with Gasteiger partial charge in [0.15, 0.2) is 5.54 Å². The van der Waals surface area contributed by atoms with Crippen LogP contribution in [0.3, 0.4) is 0 Å². The first-order valence-corrected chi connectivity index (χ1v) is 7.49. The number of nitrogens with zero attached hydrogens (tertiary/aromatic N) is 4. The minimum atomic E-state index is -0.756. The van der Waals surface area contributed by atoms with E-state index in [0.29, 0.717) is 13.0 Å². The topological polar surface area (TPSA) is 54.5 Å². The number of fused-ring (bicyclic) bond motifs is 4. The number of hydrogen-bond acceptors (Lipinski definition) is 3. The van der Waals surface area contributed by atoms with Crippen molar-refractivity contribution in [3.05, 3.63) is 35.7 Å². The number of carbonyl (C=O) groups is 1. The lowest BCUT2D eigenvalue weighted by molar-refractivity contribution is -0.122. The van der Waals surface area contributed by atoms with E-state index in [-0.39, 0.29) is 18.1 Å². The molecule has 1 N–H and O–H groups in total. The van der Waals surface area contributed by atoms with Gasteiger partial charge in [-0.2, -0.15) is 5.10 Å². The summed E-state index contributed by atoms with van der Waals surface area (Å²) in [5, 5.41) is 8.59. The molecule has 1 fully saturated rings. The standard InChI is InChI=1S/C16H17N5O/c1-10(2)20-9-16(8-13(20)17-3)15(22)18-14-11-6-4-5-7-12(11)19-21(14)16/h4-7,10,13H,8-9H2,1-2H3,(H,18,22)/t13-,16+/m0/s1. The summed E-state index contributed by atoms with van der Waals surface area (Å²) in [5.74, 6) is 0.715. The third-order valence-electron chi connectivity index (χ3n) is 4.80. The maximum Gasteiger partial charge on any atom is 0.282 e. The van der Waals surface area contributed by atoms with E-state index >= 15 is 0 Å². The van der Waals surface area contributed by atoms with Gasteiger partial charge in [0.1, 0.15) is 5.82 Å². The third-order valence-corrected chi connectivity index (χ3v) is 4.80. The number of rotatable bonds is 1. The average Bonchev–Trinajstić information content (AvgIpc) is 3.14. The second kappa shape index (κ2) is 4.31. The molecular weight excluding hydrogens is 278 g/mol. The molecule has 1 aromatic heterocycles. The summed E-state index contributed by atoms with van der Waals surface area (Å²) in [6.07, 6.45) is 0.214. The van der Waals surface area contributed by atoms with E-state index in [9.17, 15) is 4.79 Å². The van der Waals surface area contributed by atoms with Gasteiger partial charge in [0, 0.05) is 18.0 Å². The van der Waals surface area contributed by atoms with Gasteiger partial charge in [-0.25, -0.2) is 16.2 Å². The van der Waals surface area contributed by atoms with Crippen LogP contribution in [-0.4, -0.2) is 39.3 Å². The van der Waals surface area contributed by atoms with Crippen LogP contribution in [0.25, 0.3) is 15.7 Å². The Morgan fingerprint density at radius 3 is 2.91 bits per heavy atom. The first-order valence-electron chi connectivity index (χ1n) is 7.49. The van der Waals surface area contributed by atoms with Crippen LogP contribution in [0.5, 0.6) is 0 Å². The van der Waals surface area contributed by atoms with Crippen molar-refractivity contribution in [2.45, 2.75) is 38.0 Å². The van der Waals surface area contributed by atoms with Crippen molar-refractivity contribution in [2.24, 2.45) is 0 Å². The molecule has 3 heterocycles. The highest BCUT2D eigenvalue weighted by molar-refractivity contribution is 6.07. The van der Waals surface area contributed by atoms with Crippen LogP contribution in [0.1, 0.15) is 20.3 Å². The normalized spacial score (nSPS) is 27.5. The smallest absolute Gasteiger partial charge is 0.282 e. The number of anilines is 1. The predicted octanol–water partition coefficient (Wildman–Crippen LogP) is 2.04. The minimum Gasteiger partial charge on any atom is -0.308 e. The van der Waals surface area contributed by atoms with Crippen LogP contribution in [0, 0.1) is 6.57 Å². The molecule has 2 atom stereocenters. The van der Waals surface area contributed by atoms with E-state index in [1.54, 1.807) is 0 Å². The molecule has 1 spiro atoms. The van der Waals surface area contributed by atoms with E-state index in [0.717, 1.165) is 16.7 Å². The number of nitrogens with one attached hydrogen (secondary N) is 1. The van der Waals surface area contributed by atoms with E-state index in [1.165, 1.54) is 0 Å². The van der Waals surface area contributed by atoms with Crippen molar-refractivity contribution in [3.8, 4) is 0 Å². The second-order valence-electron chi connectivity index (χ2n) is 6.34. The second-order valence-corrected chi connectivity index (χ2v) is 6.34. The summed E-state index contributed by atoms with van der Waals surface area (Å²) in [6.45, 7) is 12.1. The Hall–Kier alpha value is -2.39. The molecule has 0 bridgehead atoms. The lowest BCUT2D eigenvalue weighted by Crippen LogP contribution is -2.43. The molecule has 0 unspecified atom stereocenters. The van der Waals surface area contributed by atoms with Crippen molar-refractivity contribution >= 4 is 22.6 Å². The monoisotopic (exact) mass is 295 g/mol. The largest absolute Gasteiger partial charge is 0.308 e. The molecule has 22 heavy (non-hydrogen) atoms. The number of hydrogen-bond donors (Lipinski definition) is 1. The highest BCUT2D eigenvalue weighted by atomic mass is 16.2. The SMILES string of the molecule is [C-]#[N+][C@@H]1C[C@@]2(CN1C(C)C)C(=O)Nc1c3ccccc3nn12. The summed E-state index contributed by atoms with van der Waals surface area (Å²) in [5.41, 5.74) is 0.118. The number of benzene rings is 1. The van der Waals surface area contributed by atoms with Gasteiger partial charge in [-0.3, -0.25) is 9.64 Å². The fraction of sp³-hybridized carbons (Fsp3) is 0.438. The number of carbonyl (C=O) groups excluding carboxylic acids is 1. The van der Waals surface area contributed by atoms with Crippen molar-refractivity contribution in [1.82, 2.24) is 14.7 Å². The fourth-order valence-electron chi connectivity index (χ4n) is 3.64. The maximum absolute atomic E-state index is 12.7. The van der Waals surface area contributed by atoms with Gasteiger partial charge in [-0.05, 0) is 26.0 Å². The average molecular weight is 295 g/mol. The van der Waals surface area contributed by atoms with Gasteiger partial charge in [-0.1, -0.05) is 12.1 Å². The van der Waals surface area contributed by atoms with Crippen molar-refractivity contribution < 1.29 is 4.79 Å². The van der Waals surface area contributed by atoms with Gasteiger partial charge in [0.05, 0.1) is 11.9 Å². The highest BCUT2D eigenvalue weighted by Crippen LogP contribution is 2.44. The molecule has 1 amide bonds. The first kappa shape index (κ1) is 13.3. The van der Waals surface area contributed by atoms with Crippen molar-refractivity contribution in [2.75, 3.05) is 11.9 Å². The molecule has 6 nitrogen and oxygen atoms in total. The lowest BCUT2D eigenvalue weighted by Gasteiger charge is -2.23. The molecule has 4 rings (SSSR count). The molecule has 0 aliphatic carbocycles. The molecule has 2 aliphatic heterocycles. The Labute approximate surface area is 128 Å². The van der Waals surface area contributed by atoms with Crippen molar-refractivity contribution in [1.29, 1.82) is 0 Å². The van der Waals surface area contributed by atoms with E-state index in [2.05, 4.69) is 34.0 Å². The molecule has 0 radical (unpaired) electrons. The molecule has 112 valence electrons. The van der Waals surface area contributed by atoms with Gasteiger partial charge >= 0.3 is 0 Å². The van der Waals surface area contributed by atoms with Gasteiger partial charge in [-0.15, -0.1) is 0 Å². The summed E-state index contributed by atoms with van der Waals surface area (Å²) in [7, 11) is 0. The van der Waals surface area contributed by atoms with Crippen LogP contribution < -0.4 is 5.32 Å². The Bertz CT molecular complexity index is 818. The molecule has 2 aliphatic rings. The third kappa shape index (κ3) is 1.52. The Kier molecular flexibility index (Phi) is 2.60. The molecule has 6 heteroatoms. The van der Waals surface area contributed by atoms with Gasteiger partial charge in [0.25, 0.3) is 12.1 Å². The molecule has 1 saturated heterocycles. The quantitative estimate of drug-likeness (QED) is 0.819. The van der Waals surface area contributed by atoms with Gasteiger partial charge in [0.2, 0.25) is 0 Å². The summed E-state index contributed by atoms with van der Waals surface area (Å²) < 4.78 is 1.82. The molecule has 0 saturated carbocycles. The van der Waals surface area contributed by atoms with Gasteiger partial charge < -0.3 is 5.32 Å². The fourth-order valence-corrected chi connectivity index (χ4v) is 3.64. The zero-order valence-electron chi connectivity index (χ0n) is 12.6. The van der Waals surface area contributed by atoms with E-state index in [1.807, 2.05) is 28.9 Å². The summed E-state index contributed by atoms with van der Waals surface area (Å²) >= 11 is 0. The van der Waals surface area contributed by atoms with Crippen LogP contribution in [0.2, 0.25) is 0 Å². The Morgan fingerprint density at radius 1 is 1.45 bits per heavy atom. The van der Waals surface area contributed by atoms with Crippen LogP contribution in [0.4, 0.5) is 5.82 Å². The molecule has 2 aromatic rings. The van der Waals surface area contributed by atoms with Crippen LogP contribution >= 0.6 is 0 Å². The first-order chi connectivity index (χ1) is 10.6. The highest BCUT2D eigenvalue weighted by Gasteiger charge is 2.59. The predicted molar refractivity (Wildman–Crippen MR) is 83.2 cm³/mol. The lowest BCUT2D eigenvalue weighted by atomic mass is 9.98. The van der Waals surface area contributed by atoms with E-state index in [4.69, 9.17) is 6.57 Å². The summed E-state index contributed by atoms with van der Waals surface area (Å²) in [4.78, 5) is 18.5. The summed E-state index contributed by atoms with van der Waals surface area (Å²) in [6, 6.07) is 8.02. The Morgan fingerprint density at radius 2 is 2.23 bits per heavy atom. The molecular formula is C16H17N5O.